The van der Waals surface area contributed by atoms with E-state index < -0.39 is 0 Å². The van der Waals surface area contributed by atoms with Crippen molar-refractivity contribution < 1.29 is 14.1 Å². The number of hydrogen-bond acceptors (Lipinski definition) is 7. The van der Waals surface area contributed by atoms with Crippen LogP contribution in [0.2, 0.25) is 0 Å². The maximum atomic E-state index is 13.3. The molecule has 1 saturated carbocycles. The molecule has 0 aromatic carbocycles. The Kier molecular flexibility index (Phi) is 5.17. The van der Waals surface area contributed by atoms with Gasteiger partial charge in [-0.05, 0) is 57.3 Å². The summed E-state index contributed by atoms with van der Waals surface area (Å²) >= 11 is 1.63. The topological polar surface area (TPSA) is 80.5 Å². The molecular weight excluding hydrogens is 388 g/mol. The molecule has 1 saturated heterocycles. The number of thiophene rings is 1. The first-order valence-corrected chi connectivity index (χ1v) is 11.6. The predicted molar refractivity (Wildman–Crippen MR) is 109 cm³/mol. The van der Waals surface area contributed by atoms with Crippen LogP contribution in [0.4, 0.5) is 0 Å². The van der Waals surface area contributed by atoms with Crippen LogP contribution in [0, 0.1) is 0 Å². The highest BCUT2D eigenvalue weighted by molar-refractivity contribution is 7.14. The second-order valence-electron chi connectivity index (χ2n) is 8.29. The molecule has 8 heteroatoms. The van der Waals surface area contributed by atoms with E-state index in [0.29, 0.717) is 24.8 Å². The number of carbonyl (C=O) groups excluding carboxylic acids is 1. The lowest BCUT2D eigenvalue weighted by Gasteiger charge is -2.40. The fourth-order valence-corrected chi connectivity index (χ4v) is 5.77. The molecule has 29 heavy (non-hydrogen) atoms. The summed E-state index contributed by atoms with van der Waals surface area (Å²) in [6.45, 7) is 5.66. The quantitative estimate of drug-likeness (QED) is 0.806. The summed E-state index contributed by atoms with van der Waals surface area (Å²) in [4.78, 5) is 21.7. The van der Waals surface area contributed by atoms with Gasteiger partial charge in [-0.15, -0.1) is 11.3 Å². The fourth-order valence-electron chi connectivity index (χ4n) is 4.57. The summed E-state index contributed by atoms with van der Waals surface area (Å²) in [5.74, 6) is 1.78. The Balaban J connectivity index is 1.34. The Morgan fingerprint density at radius 2 is 2.21 bits per heavy atom. The fraction of sp³-hybridized carbons (Fsp3) is 0.667. The standard InChI is InChI=1S/C21H28N4O3S/c1-2-25(13-18-23-19(28-24-18)14-4-3-5-14)20(26)17-12-15-16(29-17)6-11-27-21(15)7-9-22-10-8-21/h12,14,22H,2-11,13H2,1H3. The first kappa shape index (κ1) is 19.2. The van der Waals surface area contributed by atoms with E-state index in [0.717, 1.165) is 62.6 Å². The number of rotatable bonds is 5. The Hall–Kier alpha value is -1.77. The third-order valence-corrected chi connectivity index (χ3v) is 7.75. The Bertz CT molecular complexity index is 882. The van der Waals surface area contributed by atoms with Gasteiger partial charge in [0.15, 0.2) is 5.82 Å². The van der Waals surface area contributed by atoms with Crippen LogP contribution in [0.25, 0.3) is 0 Å². The molecule has 0 atom stereocenters. The van der Waals surface area contributed by atoms with E-state index in [1.54, 1.807) is 11.3 Å². The number of nitrogens with zero attached hydrogens (tertiary/aromatic N) is 3. The van der Waals surface area contributed by atoms with Gasteiger partial charge in [-0.3, -0.25) is 4.79 Å². The molecule has 156 valence electrons. The van der Waals surface area contributed by atoms with Gasteiger partial charge in [0.05, 0.1) is 23.6 Å². The molecule has 3 aliphatic rings. The smallest absolute Gasteiger partial charge is 0.264 e. The van der Waals surface area contributed by atoms with Crippen molar-refractivity contribution in [1.82, 2.24) is 20.4 Å². The third-order valence-electron chi connectivity index (χ3n) is 6.57. The number of ether oxygens (including phenoxy) is 1. The van der Waals surface area contributed by atoms with Crippen LogP contribution in [0.1, 0.15) is 76.8 Å². The zero-order valence-corrected chi connectivity index (χ0v) is 17.7. The molecule has 1 spiro atoms. The second kappa shape index (κ2) is 7.81. The van der Waals surface area contributed by atoms with Gasteiger partial charge >= 0.3 is 0 Å². The summed E-state index contributed by atoms with van der Waals surface area (Å²) < 4.78 is 11.7. The van der Waals surface area contributed by atoms with E-state index in [1.807, 2.05) is 11.8 Å². The largest absolute Gasteiger partial charge is 0.370 e. The monoisotopic (exact) mass is 416 g/mol. The summed E-state index contributed by atoms with van der Waals surface area (Å²) in [5.41, 5.74) is 1.03. The second-order valence-corrected chi connectivity index (χ2v) is 9.42. The molecule has 0 bridgehead atoms. The molecule has 0 radical (unpaired) electrons. The van der Waals surface area contributed by atoms with Gasteiger partial charge in [0, 0.05) is 23.8 Å². The number of nitrogens with one attached hydrogen (secondary N) is 1. The summed E-state index contributed by atoms with van der Waals surface area (Å²) in [5, 5.41) is 7.53. The van der Waals surface area contributed by atoms with Crippen molar-refractivity contribution in [3.8, 4) is 0 Å². The van der Waals surface area contributed by atoms with Crippen molar-refractivity contribution in [2.24, 2.45) is 0 Å². The maximum Gasteiger partial charge on any atom is 0.264 e. The number of piperidine rings is 1. The van der Waals surface area contributed by atoms with Crippen molar-refractivity contribution in [3.63, 3.8) is 0 Å². The van der Waals surface area contributed by atoms with Crippen LogP contribution in [0.15, 0.2) is 10.6 Å². The normalized spacial score (nSPS) is 21.0. The predicted octanol–water partition coefficient (Wildman–Crippen LogP) is 3.21. The highest BCUT2D eigenvalue weighted by Crippen LogP contribution is 2.43. The van der Waals surface area contributed by atoms with E-state index in [-0.39, 0.29) is 11.5 Å². The van der Waals surface area contributed by atoms with Crippen LogP contribution in [-0.4, -0.2) is 47.2 Å². The molecule has 0 unspecified atom stereocenters. The number of carbonyl (C=O) groups is 1. The first-order chi connectivity index (χ1) is 14.2. The number of hydrogen-bond donors (Lipinski definition) is 1. The Morgan fingerprint density at radius 3 is 2.93 bits per heavy atom. The first-order valence-electron chi connectivity index (χ1n) is 10.8. The lowest BCUT2D eigenvalue weighted by molar-refractivity contribution is -0.0792. The van der Waals surface area contributed by atoms with Crippen molar-refractivity contribution in [2.75, 3.05) is 26.2 Å². The minimum atomic E-state index is -0.212. The lowest BCUT2D eigenvalue weighted by Crippen LogP contribution is -2.44. The molecule has 4 heterocycles. The van der Waals surface area contributed by atoms with Crippen molar-refractivity contribution in [1.29, 1.82) is 0 Å². The van der Waals surface area contributed by atoms with Crippen LogP contribution >= 0.6 is 11.3 Å². The molecule has 1 aliphatic carbocycles. The maximum absolute atomic E-state index is 13.3. The summed E-state index contributed by atoms with van der Waals surface area (Å²) in [7, 11) is 0. The number of amides is 1. The number of fused-ring (bicyclic) bond motifs is 2. The highest BCUT2D eigenvalue weighted by Gasteiger charge is 2.41. The minimum Gasteiger partial charge on any atom is -0.370 e. The molecule has 1 amide bonds. The molecule has 2 aliphatic heterocycles. The van der Waals surface area contributed by atoms with Crippen LogP contribution in [0.3, 0.4) is 0 Å². The van der Waals surface area contributed by atoms with E-state index in [1.165, 1.54) is 16.9 Å². The molecule has 2 fully saturated rings. The van der Waals surface area contributed by atoms with Crippen molar-refractivity contribution in [2.45, 2.75) is 63.5 Å². The number of aromatic nitrogens is 2. The van der Waals surface area contributed by atoms with E-state index >= 15 is 0 Å². The molecule has 5 rings (SSSR count). The van der Waals surface area contributed by atoms with Crippen molar-refractivity contribution in [3.05, 3.63) is 33.1 Å². The van der Waals surface area contributed by atoms with E-state index in [9.17, 15) is 4.79 Å². The van der Waals surface area contributed by atoms with Crippen LogP contribution in [0.5, 0.6) is 0 Å². The van der Waals surface area contributed by atoms with E-state index in [4.69, 9.17) is 9.26 Å². The van der Waals surface area contributed by atoms with Gasteiger partial charge in [-0.25, -0.2) is 0 Å². The van der Waals surface area contributed by atoms with Crippen molar-refractivity contribution >= 4 is 17.2 Å². The highest BCUT2D eigenvalue weighted by atomic mass is 32.1. The summed E-state index contributed by atoms with van der Waals surface area (Å²) in [6.07, 6.45) is 6.30. The van der Waals surface area contributed by atoms with E-state index in [2.05, 4.69) is 21.5 Å². The van der Waals surface area contributed by atoms with Gasteiger partial charge in [0.2, 0.25) is 5.89 Å². The van der Waals surface area contributed by atoms with Crippen LogP contribution in [-0.2, 0) is 23.3 Å². The SMILES string of the molecule is CCN(Cc1noc(C2CCC2)n1)C(=O)c1cc2c(s1)CCOC21CCNCC1. The Labute approximate surface area is 174 Å². The van der Waals surface area contributed by atoms with Gasteiger partial charge in [-0.1, -0.05) is 11.6 Å². The third kappa shape index (κ3) is 3.51. The zero-order chi connectivity index (χ0) is 19.8. The average Bonchev–Trinajstić information content (AvgIpc) is 3.33. The molecular formula is C21H28N4O3S. The Morgan fingerprint density at radius 1 is 1.38 bits per heavy atom. The molecule has 7 nitrogen and oxygen atoms in total. The van der Waals surface area contributed by atoms with Gasteiger partial charge < -0.3 is 19.5 Å². The van der Waals surface area contributed by atoms with Crippen LogP contribution < -0.4 is 5.32 Å². The molecule has 2 aromatic heterocycles. The molecule has 2 aromatic rings. The summed E-state index contributed by atoms with van der Waals surface area (Å²) in [6, 6.07) is 2.09. The van der Waals surface area contributed by atoms with Gasteiger partial charge in [0.25, 0.3) is 5.91 Å². The zero-order valence-electron chi connectivity index (χ0n) is 16.9. The van der Waals surface area contributed by atoms with Gasteiger partial charge in [-0.2, -0.15) is 4.98 Å². The van der Waals surface area contributed by atoms with Gasteiger partial charge in [0.1, 0.15) is 0 Å². The lowest BCUT2D eigenvalue weighted by atomic mass is 9.83. The molecule has 1 N–H and O–H groups in total. The minimum absolute atomic E-state index is 0.0472. The average molecular weight is 417 g/mol.